The molecule has 0 spiro atoms. The molecule has 0 saturated heterocycles. The third-order valence-corrected chi connectivity index (χ3v) is 3.90. The number of esters is 1. The van der Waals surface area contributed by atoms with E-state index in [1.807, 2.05) is 0 Å². The molecule has 29 heavy (non-hydrogen) atoms. The van der Waals surface area contributed by atoms with E-state index >= 15 is 0 Å². The SMILES string of the molecule is O=C(COC(=O)CCC(=O)c1ccccc1)NCCc1ccc(OC(F)F)cc1. The topological polar surface area (TPSA) is 81.7 Å². The Morgan fingerprint density at radius 1 is 0.931 bits per heavy atom. The molecule has 6 nitrogen and oxygen atoms in total. The normalized spacial score (nSPS) is 10.4. The summed E-state index contributed by atoms with van der Waals surface area (Å²) in [6.45, 7) is -3.02. The minimum Gasteiger partial charge on any atom is -0.456 e. The highest BCUT2D eigenvalue weighted by Crippen LogP contribution is 2.15. The van der Waals surface area contributed by atoms with Crippen molar-refractivity contribution in [2.75, 3.05) is 13.2 Å². The lowest BCUT2D eigenvalue weighted by Gasteiger charge is -2.08. The molecule has 2 aromatic rings. The first-order valence-electron chi connectivity index (χ1n) is 8.98. The van der Waals surface area contributed by atoms with Gasteiger partial charge in [-0.25, -0.2) is 0 Å². The molecule has 0 atom stereocenters. The van der Waals surface area contributed by atoms with E-state index in [4.69, 9.17) is 4.74 Å². The van der Waals surface area contributed by atoms with Crippen LogP contribution < -0.4 is 10.1 Å². The molecule has 8 heteroatoms. The van der Waals surface area contributed by atoms with E-state index in [2.05, 4.69) is 10.1 Å². The maximum absolute atomic E-state index is 12.1. The van der Waals surface area contributed by atoms with Crippen molar-refractivity contribution in [3.63, 3.8) is 0 Å². The highest BCUT2D eigenvalue weighted by Gasteiger charge is 2.11. The number of alkyl halides is 2. The van der Waals surface area contributed by atoms with Crippen LogP contribution in [0.1, 0.15) is 28.8 Å². The maximum Gasteiger partial charge on any atom is 0.387 e. The van der Waals surface area contributed by atoms with Crippen molar-refractivity contribution in [1.29, 1.82) is 0 Å². The fourth-order valence-corrected chi connectivity index (χ4v) is 2.44. The van der Waals surface area contributed by atoms with E-state index in [-0.39, 0.29) is 30.9 Å². The number of hydrogen-bond donors (Lipinski definition) is 1. The zero-order valence-corrected chi connectivity index (χ0v) is 15.6. The number of hydrogen-bond acceptors (Lipinski definition) is 5. The molecule has 0 aliphatic carbocycles. The molecule has 154 valence electrons. The van der Waals surface area contributed by atoms with Gasteiger partial charge in [-0.3, -0.25) is 14.4 Å². The molecule has 1 N–H and O–H groups in total. The molecule has 2 rings (SSSR count). The maximum atomic E-state index is 12.1. The van der Waals surface area contributed by atoms with Crippen LogP contribution in [0.5, 0.6) is 5.75 Å². The molecule has 0 aromatic heterocycles. The van der Waals surface area contributed by atoms with Crippen LogP contribution in [0, 0.1) is 0 Å². The first-order valence-corrected chi connectivity index (χ1v) is 8.98. The van der Waals surface area contributed by atoms with Gasteiger partial charge in [0.25, 0.3) is 5.91 Å². The average Bonchev–Trinajstić information content (AvgIpc) is 2.72. The number of carbonyl (C=O) groups is 3. The van der Waals surface area contributed by atoms with E-state index in [1.54, 1.807) is 42.5 Å². The number of carbonyl (C=O) groups excluding carboxylic acids is 3. The van der Waals surface area contributed by atoms with Gasteiger partial charge >= 0.3 is 12.6 Å². The zero-order chi connectivity index (χ0) is 21.1. The van der Waals surface area contributed by atoms with Gasteiger partial charge in [-0.2, -0.15) is 8.78 Å². The molecule has 1 amide bonds. The number of ketones is 1. The number of halogens is 2. The van der Waals surface area contributed by atoms with E-state index in [0.717, 1.165) is 5.56 Å². The second kappa shape index (κ2) is 11.5. The van der Waals surface area contributed by atoms with Crippen LogP contribution in [0.15, 0.2) is 54.6 Å². The number of amides is 1. The predicted molar refractivity (Wildman–Crippen MR) is 101 cm³/mol. The molecule has 0 heterocycles. The lowest BCUT2D eigenvalue weighted by Crippen LogP contribution is -2.30. The van der Waals surface area contributed by atoms with Crippen LogP contribution in [-0.2, 0) is 20.7 Å². The standard InChI is InChI=1S/C21H21F2NO5/c22-21(23)29-17-8-6-15(7-9-17)12-13-24-19(26)14-28-20(27)11-10-18(25)16-4-2-1-3-5-16/h1-9,21H,10-14H2,(H,24,26). The molecule has 0 aliphatic heterocycles. The third-order valence-electron chi connectivity index (χ3n) is 3.90. The number of rotatable bonds is 11. The van der Waals surface area contributed by atoms with E-state index in [0.29, 0.717) is 12.0 Å². The summed E-state index contributed by atoms with van der Waals surface area (Å²) in [6.07, 6.45) is 0.379. The first-order chi connectivity index (χ1) is 13.9. The Hall–Kier alpha value is -3.29. The Balaban J connectivity index is 1.60. The predicted octanol–water partition coefficient (Wildman–Crippen LogP) is 3.15. The van der Waals surface area contributed by atoms with Crippen molar-refractivity contribution in [2.45, 2.75) is 25.9 Å². The van der Waals surface area contributed by atoms with Crippen LogP contribution in [0.3, 0.4) is 0 Å². The van der Waals surface area contributed by atoms with Crippen molar-refractivity contribution >= 4 is 17.7 Å². The van der Waals surface area contributed by atoms with Crippen molar-refractivity contribution in [3.05, 3.63) is 65.7 Å². The summed E-state index contributed by atoms with van der Waals surface area (Å²) >= 11 is 0. The number of nitrogens with one attached hydrogen (secondary N) is 1. The average molecular weight is 405 g/mol. The molecule has 0 bridgehead atoms. The van der Waals surface area contributed by atoms with Crippen LogP contribution in [0.4, 0.5) is 8.78 Å². The van der Waals surface area contributed by atoms with Crippen LogP contribution in [0.2, 0.25) is 0 Å². The Morgan fingerprint density at radius 2 is 1.62 bits per heavy atom. The third kappa shape index (κ3) is 8.50. The van der Waals surface area contributed by atoms with Gasteiger partial charge < -0.3 is 14.8 Å². The quantitative estimate of drug-likeness (QED) is 0.459. The Kier molecular flexibility index (Phi) is 8.75. The van der Waals surface area contributed by atoms with Gasteiger partial charge in [-0.05, 0) is 24.1 Å². The first kappa shape index (κ1) is 22.0. The summed E-state index contributed by atoms with van der Waals surface area (Å²) in [4.78, 5) is 35.3. The Labute approximate surface area is 166 Å². The van der Waals surface area contributed by atoms with Gasteiger partial charge in [0.2, 0.25) is 0 Å². The van der Waals surface area contributed by atoms with E-state index in [1.165, 1.54) is 12.1 Å². The molecular formula is C21H21F2NO5. The fourth-order valence-electron chi connectivity index (χ4n) is 2.44. The number of Topliss-reactive ketones (excluding diaryl/α,β-unsaturated/α-hetero) is 1. The largest absolute Gasteiger partial charge is 0.456 e. The Bertz CT molecular complexity index is 810. The smallest absolute Gasteiger partial charge is 0.387 e. The number of ether oxygens (including phenoxy) is 2. The lowest BCUT2D eigenvalue weighted by molar-refractivity contribution is -0.148. The summed E-state index contributed by atoms with van der Waals surface area (Å²) in [7, 11) is 0. The van der Waals surface area contributed by atoms with Gasteiger partial charge in [0.15, 0.2) is 12.4 Å². The van der Waals surface area contributed by atoms with Crippen molar-refractivity contribution in [2.24, 2.45) is 0 Å². The van der Waals surface area contributed by atoms with Gasteiger partial charge in [0.05, 0.1) is 6.42 Å². The summed E-state index contributed by atoms with van der Waals surface area (Å²) in [5.41, 5.74) is 1.34. The molecule has 0 unspecified atom stereocenters. The highest BCUT2D eigenvalue weighted by atomic mass is 19.3. The summed E-state index contributed by atoms with van der Waals surface area (Å²) < 4.78 is 33.3. The monoisotopic (exact) mass is 405 g/mol. The fraction of sp³-hybridized carbons (Fsp3) is 0.286. The zero-order valence-electron chi connectivity index (χ0n) is 15.6. The van der Waals surface area contributed by atoms with Crippen molar-refractivity contribution in [1.82, 2.24) is 5.32 Å². The Morgan fingerprint density at radius 3 is 2.28 bits per heavy atom. The molecule has 0 radical (unpaired) electrons. The molecule has 2 aromatic carbocycles. The summed E-state index contributed by atoms with van der Waals surface area (Å²) in [6, 6.07) is 14.7. The molecule has 0 saturated carbocycles. The molecular weight excluding hydrogens is 384 g/mol. The molecule has 0 aliphatic rings. The van der Waals surface area contributed by atoms with Gasteiger partial charge in [-0.1, -0.05) is 42.5 Å². The van der Waals surface area contributed by atoms with Gasteiger partial charge in [0, 0.05) is 18.5 Å². The minimum atomic E-state index is -2.88. The summed E-state index contributed by atoms with van der Waals surface area (Å²) in [5.74, 6) is -1.20. The number of benzene rings is 2. The second-order valence-corrected chi connectivity index (χ2v) is 6.07. The van der Waals surface area contributed by atoms with Crippen LogP contribution in [0.25, 0.3) is 0 Å². The summed E-state index contributed by atoms with van der Waals surface area (Å²) in [5, 5.41) is 2.59. The van der Waals surface area contributed by atoms with Gasteiger partial charge in [0.1, 0.15) is 5.75 Å². The molecule has 0 fully saturated rings. The van der Waals surface area contributed by atoms with Crippen LogP contribution in [-0.4, -0.2) is 37.4 Å². The second-order valence-electron chi connectivity index (χ2n) is 6.07. The van der Waals surface area contributed by atoms with E-state index in [9.17, 15) is 23.2 Å². The van der Waals surface area contributed by atoms with Crippen LogP contribution >= 0.6 is 0 Å². The minimum absolute atomic E-state index is 0.00966. The van der Waals surface area contributed by atoms with E-state index < -0.39 is 25.1 Å². The van der Waals surface area contributed by atoms with Crippen molar-refractivity contribution in [3.8, 4) is 5.75 Å². The highest BCUT2D eigenvalue weighted by molar-refractivity contribution is 5.97. The van der Waals surface area contributed by atoms with Crippen molar-refractivity contribution < 1.29 is 32.6 Å². The lowest BCUT2D eigenvalue weighted by atomic mass is 10.1. The van der Waals surface area contributed by atoms with Gasteiger partial charge in [-0.15, -0.1) is 0 Å².